The number of hydrogen-bond acceptors (Lipinski definition) is 2. The quantitative estimate of drug-likeness (QED) is 0.915. The maximum atomic E-state index is 6.68. The van der Waals surface area contributed by atoms with Crippen molar-refractivity contribution in [2.24, 2.45) is 17.6 Å². The summed E-state index contributed by atoms with van der Waals surface area (Å²) in [4.78, 5) is 0. The first-order chi connectivity index (χ1) is 10.3. The molecule has 2 saturated carbocycles. The van der Waals surface area contributed by atoms with Crippen molar-refractivity contribution >= 4 is 0 Å². The molecule has 2 aliphatic carbocycles. The number of benzene rings is 1. The fraction of sp³-hybridized carbons (Fsp3) is 0.684. The first-order valence-corrected chi connectivity index (χ1v) is 8.72. The van der Waals surface area contributed by atoms with Crippen LogP contribution in [0.5, 0.6) is 0 Å². The van der Waals surface area contributed by atoms with Crippen molar-refractivity contribution in [3.8, 4) is 0 Å². The number of hydrogen-bond donors (Lipinski definition) is 1. The number of nitrogens with two attached hydrogens (primary N) is 1. The van der Waals surface area contributed by atoms with Gasteiger partial charge in [0, 0.05) is 12.6 Å². The summed E-state index contributed by atoms with van der Waals surface area (Å²) >= 11 is 0. The monoisotopic (exact) mass is 285 g/mol. The maximum Gasteiger partial charge on any atom is 0.0685 e. The highest BCUT2D eigenvalue weighted by Crippen LogP contribution is 2.53. The first kappa shape index (κ1) is 13.8. The Labute approximate surface area is 128 Å². The molecule has 3 fully saturated rings. The molecule has 1 aromatic carbocycles. The normalized spacial score (nSPS) is 35.8. The average molecular weight is 285 g/mol. The van der Waals surface area contributed by atoms with Gasteiger partial charge in [0.2, 0.25) is 0 Å². The average Bonchev–Trinajstić information content (AvgIpc) is 3.22. The number of rotatable bonds is 3. The van der Waals surface area contributed by atoms with Crippen molar-refractivity contribution in [2.45, 2.75) is 62.5 Å². The van der Waals surface area contributed by atoms with Gasteiger partial charge in [-0.2, -0.15) is 0 Å². The molecule has 1 aromatic rings. The second kappa shape index (κ2) is 5.40. The molecule has 2 nitrogen and oxygen atoms in total. The van der Waals surface area contributed by atoms with E-state index in [1.807, 2.05) is 0 Å². The van der Waals surface area contributed by atoms with Gasteiger partial charge in [-0.25, -0.2) is 0 Å². The maximum absolute atomic E-state index is 6.68. The van der Waals surface area contributed by atoms with E-state index in [4.69, 9.17) is 10.5 Å². The van der Waals surface area contributed by atoms with E-state index in [9.17, 15) is 0 Å². The van der Waals surface area contributed by atoms with E-state index in [1.54, 1.807) is 0 Å². The molecule has 2 N–H and O–H groups in total. The van der Waals surface area contributed by atoms with Gasteiger partial charge in [-0.3, -0.25) is 0 Å². The Hall–Kier alpha value is -0.860. The highest BCUT2D eigenvalue weighted by atomic mass is 16.5. The minimum atomic E-state index is 0.206. The Balaban J connectivity index is 1.40. The van der Waals surface area contributed by atoms with E-state index in [0.29, 0.717) is 23.8 Å². The summed E-state index contributed by atoms with van der Waals surface area (Å²) in [6.45, 7) is 0.932. The van der Waals surface area contributed by atoms with Crippen LogP contribution >= 0.6 is 0 Å². The molecule has 3 aliphatic rings. The molecule has 4 rings (SSSR count). The van der Waals surface area contributed by atoms with Gasteiger partial charge in [0.25, 0.3) is 0 Å². The van der Waals surface area contributed by atoms with Crippen LogP contribution in [0.3, 0.4) is 0 Å². The lowest BCUT2D eigenvalue weighted by Gasteiger charge is -2.40. The molecule has 1 spiro atoms. The molecule has 1 aliphatic heterocycles. The molecule has 4 atom stereocenters. The predicted molar refractivity (Wildman–Crippen MR) is 85.1 cm³/mol. The Morgan fingerprint density at radius 2 is 1.90 bits per heavy atom. The molecule has 4 unspecified atom stereocenters. The second-order valence-corrected chi connectivity index (χ2v) is 7.49. The topological polar surface area (TPSA) is 35.2 Å². The van der Waals surface area contributed by atoms with Crippen LogP contribution in [-0.4, -0.2) is 18.2 Å². The zero-order valence-electron chi connectivity index (χ0n) is 12.8. The minimum Gasteiger partial charge on any atom is -0.375 e. The Bertz CT molecular complexity index is 480. The van der Waals surface area contributed by atoms with Gasteiger partial charge in [-0.1, -0.05) is 43.2 Å². The second-order valence-electron chi connectivity index (χ2n) is 7.49. The molecule has 0 amide bonds. The number of ether oxygens (including phenoxy) is 1. The molecule has 2 heteroatoms. The molecule has 1 heterocycles. The minimum absolute atomic E-state index is 0.206. The third kappa shape index (κ3) is 2.64. The van der Waals surface area contributed by atoms with Crippen LogP contribution in [0.25, 0.3) is 0 Å². The van der Waals surface area contributed by atoms with Crippen LogP contribution in [0.4, 0.5) is 0 Å². The smallest absolute Gasteiger partial charge is 0.0685 e. The predicted octanol–water partition coefficient (Wildman–Crippen LogP) is 3.86. The lowest BCUT2D eigenvalue weighted by molar-refractivity contribution is -0.0971. The molecule has 0 aromatic heterocycles. The van der Waals surface area contributed by atoms with Gasteiger partial charge in [0.15, 0.2) is 0 Å². The highest BCUT2D eigenvalue weighted by molar-refractivity contribution is 5.26. The summed E-state index contributed by atoms with van der Waals surface area (Å²) in [6.07, 6.45) is 8.89. The Morgan fingerprint density at radius 1 is 1.14 bits per heavy atom. The van der Waals surface area contributed by atoms with E-state index >= 15 is 0 Å². The van der Waals surface area contributed by atoms with E-state index in [1.165, 1.54) is 50.5 Å². The standard InChI is InChI=1S/C19H27NO/c20-18(17-12-16(17)14-6-2-1-3-7-14)15-8-11-21-19(13-15)9-4-5-10-19/h1-3,6-7,15-18H,4-5,8-13,20H2. The van der Waals surface area contributed by atoms with Crippen molar-refractivity contribution < 1.29 is 4.74 Å². The van der Waals surface area contributed by atoms with Crippen LogP contribution in [0.15, 0.2) is 30.3 Å². The Kier molecular flexibility index (Phi) is 3.55. The zero-order valence-corrected chi connectivity index (χ0v) is 12.8. The first-order valence-electron chi connectivity index (χ1n) is 8.72. The van der Waals surface area contributed by atoms with E-state index in [0.717, 1.165) is 6.61 Å². The van der Waals surface area contributed by atoms with Gasteiger partial charge < -0.3 is 10.5 Å². The molecular weight excluding hydrogens is 258 g/mol. The summed E-state index contributed by atoms with van der Waals surface area (Å²) in [5.74, 6) is 2.09. The van der Waals surface area contributed by atoms with Gasteiger partial charge in [-0.05, 0) is 55.4 Å². The van der Waals surface area contributed by atoms with Crippen molar-refractivity contribution in [2.75, 3.05) is 6.61 Å². The van der Waals surface area contributed by atoms with Gasteiger partial charge in [-0.15, -0.1) is 0 Å². The summed E-state index contributed by atoms with van der Waals surface area (Å²) in [5, 5.41) is 0. The van der Waals surface area contributed by atoms with Gasteiger partial charge in [0.05, 0.1) is 5.60 Å². The molecular formula is C19H27NO. The third-order valence-electron chi connectivity index (χ3n) is 6.15. The molecule has 114 valence electrons. The van der Waals surface area contributed by atoms with Crippen LogP contribution < -0.4 is 5.73 Å². The molecule has 0 radical (unpaired) electrons. The lowest BCUT2D eigenvalue weighted by Crippen LogP contribution is -2.44. The fourth-order valence-electron chi connectivity index (χ4n) is 4.84. The van der Waals surface area contributed by atoms with Crippen LogP contribution in [0.2, 0.25) is 0 Å². The lowest BCUT2D eigenvalue weighted by atomic mass is 9.79. The van der Waals surface area contributed by atoms with Crippen LogP contribution in [0, 0.1) is 11.8 Å². The summed E-state index contributed by atoms with van der Waals surface area (Å²) in [7, 11) is 0. The third-order valence-corrected chi connectivity index (χ3v) is 6.15. The van der Waals surface area contributed by atoms with Crippen molar-refractivity contribution in [1.29, 1.82) is 0 Å². The summed E-state index contributed by atoms with van der Waals surface area (Å²) < 4.78 is 6.16. The summed E-state index contributed by atoms with van der Waals surface area (Å²) in [5.41, 5.74) is 8.37. The van der Waals surface area contributed by atoms with Crippen molar-refractivity contribution in [1.82, 2.24) is 0 Å². The summed E-state index contributed by atoms with van der Waals surface area (Å²) in [6, 6.07) is 11.3. The van der Waals surface area contributed by atoms with Crippen LogP contribution in [0.1, 0.15) is 56.4 Å². The fourth-order valence-corrected chi connectivity index (χ4v) is 4.84. The zero-order chi connectivity index (χ0) is 14.3. The van der Waals surface area contributed by atoms with E-state index in [-0.39, 0.29) is 5.60 Å². The van der Waals surface area contributed by atoms with Crippen molar-refractivity contribution in [3.05, 3.63) is 35.9 Å². The van der Waals surface area contributed by atoms with Crippen molar-refractivity contribution in [3.63, 3.8) is 0 Å². The largest absolute Gasteiger partial charge is 0.375 e. The van der Waals surface area contributed by atoms with Crippen LogP contribution in [-0.2, 0) is 4.74 Å². The molecule has 21 heavy (non-hydrogen) atoms. The molecule has 1 saturated heterocycles. The SMILES string of the molecule is NC(C1CCOC2(CCCC2)C1)C1CC1c1ccccc1. The van der Waals surface area contributed by atoms with E-state index < -0.39 is 0 Å². The molecule has 0 bridgehead atoms. The Morgan fingerprint density at radius 3 is 2.67 bits per heavy atom. The van der Waals surface area contributed by atoms with Gasteiger partial charge in [0.1, 0.15) is 0 Å². The highest BCUT2D eigenvalue weighted by Gasteiger charge is 2.48. The van der Waals surface area contributed by atoms with E-state index in [2.05, 4.69) is 30.3 Å². The van der Waals surface area contributed by atoms with Gasteiger partial charge >= 0.3 is 0 Å².